The zero-order chi connectivity index (χ0) is 18.2. The van der Waals surface area contributed by atoms with Crippen LogP contribution in [0.25, 0.3) is 10.8 Å². The lowest BCUT2D eigenvalue weighted by molar-refractivity contribution is -0.383. The summed E-state index contributed by atoms with van der Waals surface area (Å²) in [6.45, 7) is 1.64. The fourth-order valence-electron chi connectivity index (χ4n) is 2.84. The van der Waals surface area contributed by atoms with Crippen molar-refractivity contribution < 1.29 is 18.1 Å². The second-order valence-corrected chi connectivity index (χ2v) is 5.72. The van der Waals surface area contributed by atoms with Gasteiger partial charge in [0.05, 0.1) is 21.6 Å². The van der Waals surface area contributed by atoms with Crippen LogP contribution in [0.1, 0.15) is 22.4 Å². The molecule has 0 radical (unpaired) electrons. The van der Waals surface area contributed by atoms with Crippen molar-refractivity contribution >= 4 is 16.5 Å². The molecule has 0 aliphatic heterocycles. The first kappa shape index (κ1) is 16.9. The molecular weight excluding hydrogens is 333 g/mol. The molecule has 0 unspecified atom stereocenters. The van der Waals surface area contributed by atoms with Gasteiger partial charge in [-0.25, -0.2) is 0 Å². The number of nitrogens with zero attached hydrogens (tertiary/aromatic N) is 2. The van der Waals surface area contributed by atoms with Crippen molar-refractivity contribution in [2.24, 2.45) is 0 Å². The SMILES string of the molecule is Cc1ccc2c(Cc3cccc(C(F)(F)F)c3)nccc2c1[N+](=O)[O-]. The van der Waals surface area contributed by atoms with Gasteiger partial charge in [0.1, 0.15) is 0 Å². The summed E-state index contributed by atoms with van der Waals surface area (Å²) < 4.78 is 38.6. The largest absolute Gasteiger partial charge is 0.416 e. The number of hydrogen-bond acceptors (Lipinski definition) is 3. The summed E-state index contributed by atoms with van der Waals surface area (Å²) in [6.07, 6.45) is -2.82. The van der Waals surface area contributed by atoms with Crippen LogP contribution in [0.5, 0.6) is 0 Å². The first-order valence-corrected chi connectivity index (χ1v) is 7.45. The van der Waals surface area contributed by atoms with Crippen LogP contribution in [-0.2, 0) is 12.6 Å². The number of nitro groups is 1. The van der Waals surface area contributed by atoms with E-state index in [4.69, 9.17) is 0 Å². The van der Waals surface area contributed by atoms with Crippen molar-refractivity contribution in [2.75, 3.05) is 0 Å². The fraction of sp³-hybridized carbons (Fsp3) is 0.167. The van der Waals surface area contributed by atoms with Crippen LogP contribution in [0.3, 0.4) is 0 Å². The third-order valence-electron chi connectivity index (χ3n) is 4.01. The topological polar surface area (TPSA) is 56.0 Å². The number of halogens is 3. The highest BCUT2D eigenvalue weighted by Gasteiger charge is 2.30. The molecule has 0 bridgehead atoms. The van der Waals surface area contributed by atoms with Crippen LogP contribution in [0.2, 0.25) is 0 Å². The molecule has 0 aliphatic carbocycles. The van der Waals surface area contributed by atoms with Gasteiger partial charge in [-0.1, -0.05) is 30.3 Å². The standard InChI is InChI=1S/C18H13F3N2O2/c1-11-5-6-14-15(17(11)23(24)25)7-8-22-16(14)10-12-3-2-4-13(9-12)18(19,20)21/h2-9H,10H2,1H3. The van der Waals surface area contributed by atoms with E-state index in [1.54, 1.807) is 31.2 Å². The number of pyridine rings is 1. The summed E-state index contributed by atoms with van der Waals surface area (Å²) in [6, 6.07) is 9.90. The molecule has 0 amide bonds. The number of aryl methyl sites for hydroxylation is 1. The van der Waals surface area contributed by atoms with Gasteiger partial charge in [0.25, 0.3) is 5.69 Å². The summed E-state index contributed by atoms with van der Waals surface area (Å²) in [5.74, 6) is 0. The van der Waals surface area contributed by atoms with Crippen LogP contribution in [0.15, 0.2) is 48.7 Å². The van der Waals surface area contributed by atoms with Gasteiger partial charge in [-0.05, 0) is 24.6 Å². The molecule has 0 saturated carbocycles. The van der Waals surface area contributed by atoms with Crippen molar-refractivity contribution in [3.8, 4) is 0 Å². The number of benzene rings is 2. The van der Waals surface area contributed by atoms with E-state index in [0.29, 0.717) is 27.6 Å². The van der Waals surface area contributed by atoms with Crippen molar-refractivity contribution in [1.29, 1.82) is 0 Å². The molecule has 0 N–H and O–H groups in total. The van der Waals surface area contributed by atoms with E-state index < -0.39 is 16.7 Å². The average Bonchev–Trinajstić information content (AvgIpc) is 2.54. The molecule has 0 spiro atoms. The highest BCUT2D eigenvalue weighted by molar-refractivity contribution is 5.93. The lowest BCUT2D eigenvalue weighted by Gasteiger charge is -2.10. The van der Waals surface area contributed by atoms with Crippen molar-refractivity contribution in [3.05, 3.63) is 81.2 Å². The lowest BCUT2D eigenvalue weighted by atomic mass is 9.99. The predicted octanol–water partition coefficient (Wildman–Crippen LogP) is 5.06. The van der Waals surface area contributed by atoms with Crippen LogP contribution < -0.4 is 0 Å². The second-order valence-electron chi connectivity index (χ2n) is 5.72. The summed E-state index contributed by atoms with van der Waals surface area (Å²) >= 11 is 0. The van der Waals surface area contributed by atoms with Crippen molar-refractivity contribution in [3.63, 3.8) is 0 Å². The summed E-state index contributed by atoms with van der Waals surface area (Å²) in [5, 5.41) is 12.3. The molecule has 7 heteroatoms. The Morgan fingerprint density at radius 2 is 1.88 bits per heavy atom. The van der Waals surface area contributed by atoms with Gasteiger partial charge in [-0.3, -0.25) is 15.1 Å². The van der Waals surface area contributed by atoms with Crippen LogP contribution in [-0.4, -0.2) is 9.91 Å². The molecule has 2 aromatic carbocycles. The summed E-state index contributed by atoms with van der Waals surface area (Å²) in [7, 11) is 0. The molecule has 3 aromatic rings. The second kappa shape index (κ2) is 6.16. The summed E-state index contributed by atoms with van der Waals surface area (Å²) in [4.78, 5) is 15.1. The number of aromatic nitrogens is 1. The molecule has 4 nitrogen and oxygen atoms in total. The van der Waals surface area contributed by atoms with Gasteiger partial charge in [0, 0.05) is 23.6 Å². The van der Waals surface area contributed by atoms with Gasteiger partial charge >= 0.3 is 6.18 Å². The third kappa shape index (κ3) is 3.31. The van der Waals surface area contributed by atoms with E-state index in [2.05, 4.69) is 4.98 Å². The van der Waals surface area contributed by atoms with Crippen molar-refractivity contribution in [2.45, 2.75) is 19.5 Å². The maximum Gasteiger partial charge on any atom is 0.416 e. The Balaban J connectivity index is 2.09. The maximum atomic E-state index is 12.9. The molecule has 3 rings (SSSR count). The van der Waals surface area contributed by atoms with Crippen LogP contribution >= 0.6 is 0 Å². The van der Waals surface area contributed by atoms with Crippen LogP contribution in [0.4, 0.5) is 18.9 Å². The Morgan fingerprint density at radius 3 is 2.56 bits per heavy atom. The quantitative estimate of drug-likeness (QED) is 0.492. The Labute approximate surface area is 141 Å². The average molecular weight is 346 g/mol. The van der Waals surface area contributed by atoms with E-state index >= 15 is 0 Å². The van der Waals surface area contributed by atoms with Crippen LogP contribution in [0, 0.1) is 17.0 Å². The van der Waals surface area contributed by atoms with E-state index in [1.807, 2.05) is 0 Å². The maximum absolute atomic E-state index is 12.9. The van der Waals surface area contributed by atoms with Gasteiger partial charge in [-0.2, -0.15) is 13.2 Å². The Hall–Kier alpha value is -2.96. The zero-order valence-electron chi connectivity index (χ0n) is 13.2. The number of hydrogen-bond donors (Lipinski definition) is 0. The minimum atomic E-state index is -4.42. The molecule has 25 heavy (non-hydrogen) atoms. The normalized spacial score (nSPS) is 11.7. The molecule has 0 atom stereocenters. The smallest absolute Gasteiger partial charge is 0.260 e. The third-order valence-corrected chi connectivity index (χ3v) is 4.01. The van der Waals surface area contributed by atoms with E-state index in [9.17, 15) is 23.3 Å². The minimum absolute atomic E-state index is 0.00908. The molecular formula is C18H13F3N2O2. The first-order chi connectivity index (χ1) is 11.8. The minimum Gasteiger partial charge on any atom is -0.260 e. The number of rotatable bonds is 3. The summed E-state index contributed by atoms with van der Waals surface area (Å²) in [5.41, 5.74) is 0.726. The molecule has 0 fully saturated rings. The lowest BCUT2D eigenvalue weighted by Crippen LogP contribution is -2.05. The number of fused-ring (bicyclic) bond motifs is 1. The van der Waals surface area contributed by atoms with Gasteiger partial charge in [-0.15, -0.1) is 0 Å². The van der Waals surface area contributed by atoms with Gasteiger partial charge < -0.3 is 0 Å². The Morgan fingerprint density at radius 1 is 1.12 bits per heavy atom. The van der Waals surface area contributed by atoms with E-state index in [-0.39, 0.29) is 12.1 Å². The predicted molar refractivity (Wildman–Crippen MR) is 87.4 cm³/mol. The number of nitro benzene ring substituents is 1. The first-order valence-electron chi connectivity index (χ1n) is 7.45. The highest BCUT2D eigenvalue weighted by Crippen LogP contribution is 2.32. The van der Waals surface area contributed by atoms with E-state index in [1.165, 1.54) is 12.3 Å². The Bertz CT molecular complexity index is 968. The highest BCUT2D eigenvalue weighted by atomic mass is 19.4. The zero-order valence-corrected chi connectivity index (χ0v) is 13.2. The fourth-order valence-corrected chi connectivity index (χ4v) is 2.84. The van der Waals surface area contributed by atoms with E-state index in [0.717, 1.165) is 12.1 Å². The molecule has 128 valence electrons. The monoisotopic (exact) mass is 346 g/mol. The molecule has 0 aliphatic rings. The molecule has 0 saturated heterocycles. The molecule has 1 heterocycles. The van der Waals surface area contributed by atoms with Crippen molar-refractivity contribution in [1.82, 2.24) is 4.98 Å². The van der Waals surface area contributed by atoms with Gasteiger partial charge in [0.15, 0.2) is 0 Å². The van der Waals surface area contributed by atoms with Gasteiger partial charge in [0.2, 0.25) is 0 Å². The Kier molecular flexibility index (Phi) is 4.16. The number of alkyl halides is 3. The molecule has 1 aromatic heterocycles.